The highest BCUT2D eigenvalue weighted by Crippen LogP contribution is 2.26. The predicted molar refractivity (Wildman–Crippen MR) is 57.9 cm³/mol. The molecule has 1 aromatic carbocycles. The summed E-state index contributed by atoms with van der Waals surface area (Å²) in [7, 11) is 0. The highest BCUT2D eigenvalue weighted by Gasteiger charge is 2.02. The molecule has 0 aliphatic heterocycles. The Morgan fingerprint density at radius 2 is 1.73 bits per heavy atom. The van der Waals surface area contributed by atoms with Crippen LogP contribution < -0.4 is 15.4 Å². The van der Waals surface area contributed by atoms with Crippen molar-refractivity contribution in [2.45, 2.75) is 13.3 Å². The van der Waals surface area contributed by atoms with E-state index in [1.54, 1.807) is 0 Å². The van der Waals surface area contributed by atoms with E-state index in [1.807, 2.05) is 31.2 Å². The summed E-state index contributed by atoms with van der Waals surface area (Å²) in [4.78, 5) is 4.45. The number of hydrogen-bond acceptors (Lipinski definition) is 4. The zero-order valence-electron chi connectivity index (χ0n) is 8.94. The van der Waals surface area contributed by atoms with Gasteiger partial charge in [0.25, 0.3) is 0 Å². The van der Waals surface area contributed by atoms with Gasteiger partial charge in [-0.3, -0.25) is 0 Å². The summed E-state index contributed by atoms with van der Waals surface area (Å²) in [5, 5.41) is 0. The SMILES string of the molecule is CCOc1ccccc1OCCCON. The summed E-state index contributed by atoms with van der Waals surface area (Å²) >= 11 is 0. The lowest BCUT2D eigenvalue weighted by Crippen LogP contribution is -2.07. The van der Waals surface area contributed by atoms with Gasteiger partial charge in [-0.25, -0.2) is 5.90 Å². The third-order valence-electron chi connectivity index (χ3n) is 1.81. The highest BCUT2D eigenvalue weighted by atomic mass is 16.6. The molecule has 0 saturated carbocycles. The summed E-state index contributed by atoms with van der Waals surface area (Å²) in [5.41, 5.74) is 0. The highest BCUT2D eigenvalue weighted by molar-refractivity contribution is 5.39. The van der Waals surface area contributed by atoms with Crippen LogP contribution in [0.5, 0.6) is 11.5 Å². The third kappa shape index (κ3) is 4.18. The average molecular weight is 211 g/mol. The van der Waals surface area contributed by atoms with E-state index in [0.717, 1.165) is 17.9 Å². The average Bonchev–Trinajstić information content (AvgIpc) is 2.27. The Labute approximate surface area is 89.9 Å². The summed E-state index contributed by atoms with van der Waals surface area (Å²) in [5.74, 6) is 6.44. The zero-order valence-corrected chi connectivity index (χ0v) is 8.94. The maximum absolute atomic E-state index is 5.53. The van der Waals surface area contributed by atoms with Gasteiger partial charge in [0.1, 0.15) is 0 Å². The molecular weight excluding hydrogens is 194 g/mol. The van der Waals surface area contributed by atoms with Crippen molar-refractivity contribution in [3.63, 3.8) is 0 Å². The number of ether oxygens (including phenoxy) is 2. The number of rotatable bonds is 7. The van der Waals surface area contributed by atoms with Gasteiger partial charge >= 0.3 is 0 Å². The molecule has 0 heterocycles. The first-order valence-electron chi connectivity index (χ1n) is 5.04. The van der Waals surface area contributed by atoms with Gasteiger partial charge in [-0.2, -0.15) is 0 Å². The van der Waals surface area contributed by atoms with Crippen LogP contribution in [-0.4, -0.2) is 19.8 Å². The molecule has 0 unspecified atom stereocenters. The Bertz CT molecular complexity index is 278. The van der Waals surface area contributed by atoms with Gasteiger partial charge in [0.05, 0.1) is 19.8 Å². The quantitative estimate of drug-likeness (QED) is 0.551. The fraction of sp³-hybridized carbons (Fsp3) is 0.455. The number of nitrogens with two attached hydrogens (primary N) is 1. The van der Waals surface area contributed by atoms with Crippen molar-refractivity contribution in [2.24, 2.45) is 5.90 Å². The van der Waals surface area contributed by atoms with Crippen molar-refractivity contribution in [2.75, 3.05) is 19.8 Å². The van der Waals surface area contributed by atoms with Crippen molar-refractivity contribution in [1.82, 2.24) is 0 Å². The minimum absolute atomic E-state index is 0.497. The van der Waals surface area contributed by atoms with E-state index >= 15 is 0 Å². The lowest BCUT2D eigenvalue weighted by atomic mass is 10.3. The van der Waals surface area contributed by atoms with Crippen molar-refractivity contribution in [3.8, 4) is 11.5 Å². The van der Waals surface area contributed by atoms with Crippen LogP contribution in [0.3, 0.4) is 0 Å². The topological polar surface area (TPSA) is 53.7 Å². The second kappa shape index (κ2) is 7.09. The van der Waals surface area contributed by atoms with Crippen LogP contribution in [0.15, 0.2) is 24.3 Å². The molecule has 1 aromatic rings. The molecule has 0 aliphatic rings. The molecular formula is C11H17NO3. The number of para-hydroxylation sites is 2. The predicted octanol–water partition coefficient (Wildman–Crippen LogP) is 1.74. The monoisotopic (exact) mass is 211 g/mol. The standard InChI is InChI=1S/C11H17NO3/c1-2-13-10-6-3-4-7-11(10)14-8-5-9-15-12/h3-4,6-7H,2,5,8-9,12H2,1H3. The van der Waals surface area contributed by atoms with Crippen molar-refractivity contribution >= 4 is 0 Å². The maximum Gasteiger partial charge on any atom is 0.161 e. The Kier molecular flexibility index (Phi) is 5.58. The number of hydrogen-bond donors (Lipinski definition) is 1. The smallest absolute Gasteiger partial charge is 0.161 e. The van der Waals surface area contributed by atoms with Crippen LogP contribution in [0.4, 0.5) is 0 Å². The summed E-state index contributed by atoms with van der Waals surface area (Å²) in [6, 6.07) is 7.60. The molecule has 0 radical (unpaired) electrons. The Morgan fingerprint density at radius 3 is 2.33 bits per heavy atom. The first-order chi connectivity index (χ1) is 7.38. The molecule has 0 atom stereocenters. The van der Waals surface area contributed by atoms with E-state index in [9.17, 15) is 0 Å². The molecule has 84 valence electrons. The lowest BCUT2D eigenvalue weighted by molar-refractivity contribution is 0.121. The molecule has 1 rings (SSSR count). The minimum atomic E-state index is 0.497. The molecule has 0 amide bonds. The second-order valence-corrected chi connectivity index (χ2v) is 2.95. The Balaban J connectivity index is 2.44. The van der Waals surface area contributed by atoms with Gasteiger partial charge in [-0.1, -0.05) is 12.1 Å². The van der Waals surface area contributed by atoms with Crippen LogP contribution in [0.25, 0.3) is 0 Å². The fourth-order valence-corrected chi connectivity index (χ4v) is 1.17. The van der Waals surface area contributed by atoms with Crippen LogP contribution in [-0.2, 0) is 4.84 Å². The molecule has 0 spiro atoms. The maximum atomic E-state index is 5.53. The number of benzene rings is 1. The molecule has 15 heavy (non-hydrogen) atoms. The van der Waals surface area contributed by atoms with Crippen LogP contribution in [0, 0.1) is 0 Å². The van der Waals surface area contributed by atoms with Crippen molar-refractivity contribution in [3.05, 3.63) is 24.3 Å². The zero-order chi connectivity index (χ0) is 10.9. The lowest BCUT2D eigenvalue weighted by Gasteiger charge is -2.10. The van der Waals surface area contributed by atoms with Gasteiger partial charge < -0.3 is 14.3 Å². The van der Waals surface area contributed by atoms with E-state index in [-0.39, 0.29) is 0 Å². The second-order valence-electron chi connectivity index (χ2n) is 2.95. The molecule has 0 aromatic heterocycles. The molecule has 0 bridgehead atoms. The molecule has 2 N–H and O–H groups in total. The van der Waals surface area contributed by atoms with E-state index in [4.69, 9.17) is 15.4 Å². The largest absolute Gasteiger partial charge is 0.490 e. The van der Waals surface area contributed by atoms with Crippen LogP contribution in [0.2, 0.25) is 0 Å². The van der Waals surface area contributed by atoms with Crippen LogP contribution in [0.1, 0.15) is 13.3 Å². The molecule has 0 fully saturated rings. The van der Waals surface area contributed by atoms with Crippen LogP contribution >= 0.6 is 0 Å². The van der Waals surface area contributed by atoms with Gasteiger partial charge in [0, 0.05) is 6.42 Å². The van der Waals surface area contributed by atoms with Gasteiger partial charge in [0.15, 0.2) is 11.5 Å². The van der Waals surface area contributed by atoms with Gasteiger partial charge in [0.2, 0.25) is 0 Å². The van der Waals surface area contributed by atoms with Gasteiger partial charge in [-0.05, 0) is 19.1 Å². The normalized spacial score (nSPS) is 10.0. The first kappa shape index (κ1) is 11.8. The van der Waals surface area contributed by atoms with E-state index in [2.05, 4.69) is 4.84 Å². The summed E-state index contributed by atoms with van der Waals surface area (Å²) < 4.78 is 10.9. The van der Waals surface area contributed by atoms with E-state index in [1.165, 1.54) is 0 Å². The van der Waals surface area contributed by atoms with Crippen molar-refractivity contribution < 1.29 is 14.3 Å². The molecule has 0 saturated heterocycles. The third-order valence-corrected chi connectivity index (χ3v) is 1.81. The molecule has 4 nitrogen and oxygen atoms in total. The summed E-state index contributed by atoms with van der Waals surface area (Å²) in [6.45, 7) is 3.64. The Morgan fingerprint density at radius 1 is 1.07 bits per heavy atom. The van der Waals surface area contributed by atoms with Crippen molar-refractivity contribution in [1.29, 1.82) is 0 Å². The summed E-state index contributed by atoms with van der Waals surface area (Å²) in [6.07, 6.45) is 0.761. The van der Waals surface area contributed by atoms with Gasteiger partial charge in [-0.15, -0.1) is 0 Å². The minimum Gasteiger partial charge on any atom is -0.490 e. The first-order valence-corrected chi connectivity index (χ1v) is 5.04. The molecule has 0 aliphatic carbocycles. The fourth-order valence-electron chi connectivity index (χ4n) is 1.17. The molecule has 4 heteroatoms. The Hall–Kier alpha value is -1.26. The van der Waals surface area contributed by atoms with E-state index in [0.29, 0.717) is 19.8 Å². The van der Waals surface area contributed by atoms with E-state index < -0.39 is 0 Å².